The molecule has 0 amide bonds. The van der Waals surface area contributed by atoms with Crippen LogP contribution in [0.5, 0.6) is 0 Å². The van der Waals surface area contributed by atoms with Crippen LogP contribution in [-0.2, 0) is 12.6 Å². The summed E-state index contributed by atoms with van der Waals surface area (Å²) >= 11 is 0. The van der Waals surface area contributed by atoms with Crippen molar-refractivity contribution >= 4 is 5.97 Å². The Hall–Kier alpha value is -2.31. The number of aromatic amines is 1. The van der Waals surface area contributed by atoms with Gasteiger partial charge < -0.3 is 10.1 Å². The van der Waals surface area contributed by atoms with Gasteiger partial charge in [0.2, 0.25) is 0 Å². The van der Waals surface area contributed by atoms with E-state index in [1.165, 1.54) is 43.9 Å². The highest BCUT2D eigenvalue weighted by atomic mass is 19.4. The molecule has 1 fully saturated rings. The number of hydrogen-bond acceptors (Lipinski definition) is 2. The molecule has 1 aromatic heterocycles. The van der Waals surface area contributed by atoms with Crippen molar-refractivity contribution in [3.63, 3.8) is 0 Å². The molecule has 1 aliphatic rings. The molecule has 2 N–H and O–H groups in total. The number of carboxylic acids is 1. The first-order valence-corrected chi connectivity index (χ1v) is 9.35. The fraction of sp³-hybridized carbons (Fsp3) is 0.500. The van der Waals surface area contributed by atoms with Crippen LogP contribution in [0.4, 0.5) is 13.2 Å². The van der Waals surface area contributed by atoms with Gasteiger partial charge in [-0.3, -0.25) is 0 Å². The first kappa shape index (κ1) is 19.5. The molecule has 1 heterocycles. The number of nitrogens with one attached hydrogen (secondary N) is 1. The van der Waals surface area contributed by atoms with E-state index in [0.29, 0.717) is 18.0 Å². The minimum absolute atomic E-state index is 0.0452. The van der Waals surface area contributed by atoms with Crippen LogP contribution in [0.15, 0.2) is 24.3 Å². The zero-order chi connectivity index (χ0) is 19.4. The zero-order valence-electron chi connectivity index (χ0n) is 15.0. The lowest BCUT2D eigenvalue weighted by atomic mass is 9.94. The third-order valence-corrected chi connectivity index (χ3v) is 5.25. The molecule has 27 heavy (non-hydrogen) atoms. The number of carboxylic acid groups (broad SMARTS) is 1. The molecule has 4 nitrogen and oxygen atoms in total. The van der Waals surface area contributed by atoms with Gasteiger partial charge in [0.15, 0.2) is 5.69 Å². The smallest absolute Gasteiger partial charge is 0.417 e. The van der Waals surface area contributed by atoms with Crippen molar-refractivity contribution in [2.75, 3.05) is 0 Å². The van der Waals surface area contributed by atoms with Crippen LogP contribution in [0.3, 0.4) is 0 Å². The maximum atomic E-state index is 13.3. The second-order valence-corrected chi connectivity index (χ2v) is 7.16. The number of benzene rings is 1. The molecule has 0 radical (unpaired) electrons. The Morgan fingerprint density at radius 3 is 2.44 bits per heavy atom. The second kappa shape index (κ2) is 8.15. The number of carbonyl (C=O) groups is 1. The molecule has 7 heteroatoms. The average molecular weight is 380 g/mol. The normalized spacial score (nSPS) is 16.3. The minimum Gasteiger partial charge on any atom is -0.476 e. The van der Waals surface area contributed by atoms with E-state index in [-0.39, 0.29) is 17.1 Å². The Balaban J connectivity index is 1.87. The van der Waals surface area contributed by atoms with Crippen molar-refractivity contribution < 1.29 is 23.1 Å². The first-order chi connectivity index (χ1) is 12.9. The van der Waals surface area contributed by atoms with E-state index in [9.17, 15) is 23.1 Å². The van der Waals surface area contributed by atoms with E-state index >= 15 is 0 Å². The SMILES string of the molecule is O=C(O)c1nc(-c2ccccc2C(F)(F)F)[nH]c1CCC1CCCCCC1. The summed E-state index contributed by atoms with van der Waals surface area (Å²) in [6.07, 6.45) is 3.86. The Morgan fingerprint density at radius 1 is 1.15 bits per heavy atom. The molecule has 146 valence electrons. The molecule has 2 aromatic rings. The predicted molar refractivity (Wildman–Crippen MR) is 95.5 cm³/mol. The van der Waals surface area contributed by atoms with E-state index in [4.69, 9.17) is 0 Å². The highest BCUT2D eigenvalue weighted by molar-refractivity contribution is 5.87. The highest BCUT2D eigenvalue weighted by Crippen LogP contribution is 2.36. The zero-order valence-corrected chi connectivity index (χ0v) is 15.0. The van der Waals surface area contributed by atoms with E-state index in [1.807, 2.05) is 0 Å². The standard InChI is InChI=1S/C20H23F3N2O2/c21-20(22,23)15-10-6-5-9-14(15)18-24-16(17(25-18)19(26)27)12-11-13-7-3-1-2-4-8-13/h5-6,9-10,13H,1-4,7-8,11-12H2,(H,24,25)(H,26,27). The maximum Gasteiger partial charge on any atom is 0.417 e. The fourth-order valence-electron chi connectivity index (χ4n) is 3.83. The van der Waals surface area contributed by atoms with Crippen LogP contribution in [0.1, 0.15) is 66.7 Å². The monoisotopic (exact) mass is 380 g/mol. The summed E-state index contributed by atoms with van der Waals surface area (Å²) < 4.78 is 39.8. The molecule has 1 aliphatic carbocycles. The first-order valence-electron chi connectivity index (χ1n) is 9.35. The van der Waals surface area contributed by atoms with Gasteiger partial charge in [0.05, 0.1) is 5.56 Å². The number of nitrogens with zero attached hydrogens (tertiary/aromatic N) is 1. The van der Waals surface area contributed by atoms with E-state index < -0.39 is 17.7 Å². The summed E-state index contributed by atoms with van der Waals surface area (Å²) in [5.74, 6) is -0.739. The summed E-state index contributed by atoms with van der Waals surface area (Å²) in [5.41, 5.74) is -0.742. The molecular weight excluding hydrogens is 357 g/mol. The predicted octanol–water partition coefficient (Wildman–Crippen LogP) is 5.70. The Bertz CT molecular complexity index is 791. The number of imidazole rings is 1. The Morgan fingerprint density at radius 2 is 1.81 bits per heavy atom. The van der Waals surface area contributed by atoms with Crippen molar-refractivity contribution in [1.82, 2.24) is 9.97 Å². The molecule has 1 saturated carbocycles. The fourth-order valence-corrected chi connectivity index (χ4v) is 3.83. The van der Waals surface area contributed by atoms with Crippen LogP contribution in [-0.4, -0.2) is 21.0 Å². The number of rotatable bonds is 5. The van der Waals surface area contributed by atoms with Gasteiger partial charge in [-0.15, -0.1) is 0 Å². The van der Waals surface area contributed by atoms with Crippen LogP contribution in [0.25, 0.3) is 11.4 Å². The second-order valence-electron chi connectivity index (χ2n) is 7.16. The van der Waals surface area contributed by atoms with E-state index in [2.05, 4.69) is 9.97 Å². The Labute approximate surface area is 155 Å². The summed E-state index contributed by atoms with van der Waals surface area (Å²) in [5, 5.41) is 9.43. The number of H-pyrrole nitrogens is 1. The van der Waals surface area contributed by atoms with Crippen molar-refractivity contribution in [2.45, 2.75) is 57.5 Å². The van der Waals surface area contributed by atoms with Crippen molar-refractivity contribution in [2.24, 2.45) is 5.92 Å². The van der Waals surface area contributed by atoms with Gasteiger partial charge in [0.1, 0.15) is 5.82 Å². The lowest BCUT2D eigenvalue weighted by Gasteiger charge is -2.13. The Kier molecular flexibility index (Phi) is 5.87. The van der Waals surface area contributed by atoms with Crippen LogP contribution in [0.2, 0.25) is 0 Å². The topological polar surface area (TPSA) is 66.0 Å². The number of aryl methyl sites for hydroxylation is 1. The van der Waals surface area contributed by atoms with Crippen molar-refractivity contribution in [3.8, 4) is 11.4 Å². The van der Waals surface area contributed by atoms with Crippen LogP contribution < -0.4 is 0 Å². The quantitative estimate of drug-likeness (QED) is 0.654. The van der Waals surface area contributed by atoms with Gasteiger partial charge in [0, 0.05) is 11.3 Å². The van der Waals surface area contributed by atoms with Gasteiger partial charge in [-0.1, -0.05) is 56.7 Å². The number of aromatic nitrogens is 2. The molecule has 1 aromatic carbocycles. The summed E-state index contributed by atoms with van der Waals surface area (Å²) in [7, 11) is 0. The van der Waals surface area contributed by atoms with Crippen molar-refractivity contribution in [3.05, 3.63) is 41.2 Å². The summed E-state index contributed by atoms with van der Waals surface area (Å²) in [4.78, 5) is 18.4. The average Bonchev–Trinajstić information content (AvgIpc) is 2.88. The highest BCUT2D eigenvalue weighted by Gasteiger charge is 2.34. The van der Waals surface area contributed by atoms with Gasteiger partial charge in [0.25, 0.3) is 0 Å². The number of hydrogen-bond donors (Lipinski definition) is 2. The van der Waals surface area contributed by atoms with Gasteiger partial charge in [-0.25, -0.2) is 9.78 Å². The molecule has 0 unspecified atom stereocenters. The summed E-state index contributed by atoms with van der Waals surface area (Å²) in [6, 6.07) is 5.07. The van der Waals surface area contributed by atoms with Crippen LogP contribution in [0, 0.1) is 5.92 Å². The third-order valence-electron chi connectivity index (χ3n) is 5.25. The van der Waals surface area contributed by atoms with Gasteiger partial charge >= 0.3 is 12.1 Å². The number of aromatic carboxylic acids is 1. The largest absolute Gasteiger partial charge is 0.476 e. The van der Waals surface area contributed by atoms with E-state index in [0.717, 1.165) is 25.3 Å². The van der Waals surface area contributed by atoms with Crippen LogP contribution >= 0.6 is 0 Å². The number of alkyl halides is 3. The van der Waals surface area contributed by atoms with Crippen molar-refractivity contribution in [1.29, 1.82) is 0 Å². The summed E-state index contributed by atoms with van der Waals surface area (Å²) in [6.45, 7) is 0. The van der Waals surface area contributed by atoms with E-state index in [1.54, 1.807) is 0 Å². The van der Waals surface area contributed by atoms with Gasteiger partial charge in [-0.05, 0) is 24.8 Å². The molecule has 3 rings (SSSR count). The molecule has 0 spiro atoms. The molecule has 0 bridgehead atoms. The minimum atomic E-state index is -4.53. The molecule has 0 atom stereocenters. The maximum absolute atomic E-state index is 13.3. The van der Waals surface area contributed by atoms with Gasteiger partial charge in [-0.2, -0.15) is 13.2 Å². The molecular formula is C20H23F3N2O2. The number of halogens is 3. The lowest BCUT2D eigenvalue weighted by molar-refractivity contribution is -0.137. The lowest BCUT2D eigenvalue weighted by Crippen LogP contribution is -2.07. The molecule has 0 saturated heterocycles. The third kappa shape index (κ3) is 4.70. The molecule has 0 aliphatic heterocycles.